The quantitative estimate of drug-likeness (QED) is 0.469. The minimum absolute atomic E-state index is 0.373. The van der Waals surface area contributed by atoms with E-state index in [1.54, 1.807) is 5.01 Å². The Labute approximate surface area is 166 Å². The number of hydrogen-bond donors (Lipinski definition) is 1. The number of aryl methyl sites for hydroxylation is 2. The van der Waals surface area contributed by atoms with Crippen molar-refractivity contribution in [1.82, 2.24) is 9.78 Å². The molecule has 6 nitrogen and oxygen atoms in total. The average molecular weight is 380 g/mol. The number of nitrogens with zero attached hydrogens (tertiary/aromatic N) is 3. The Hall–Kier alpha value is -2.99. The molecule has 0 atom stereocenters. The van der Waals surface area contributed by atoms with Gasteiger partial charge in [-0.15, -0.1) is 0 Å². The van der Waals surface area contributed by atoms with Crippen molar-refractivity contribution in [3.8, 4) is 22.8 Å². The highest BCUT2D eigenvalue weighted by Crippen LogP contribution is 2.31. The zero-order chi connectivity index (χ0) is 20.1. The van der Waals surface area contributed by atoms with Crippen LogP contribution in [0.1, 0.15) is 25.0 Å². The summed E-state index contributed by atoms with van der Waals surface area (Å²) in [5, 5.41) is 6.15. The first-order chi connectivity index (χ1) is 13.5. The Kier molecular flexibility index (Phi) is 6.21. The van der Waals surface area contributed by atoms with Crippen LogP contribution in [0.4, 0.5) is 5.69 Å². The Balaban J connectivity index is 1.81. The number of rotatable bonds is 8. The smallest absolute Gasteiger partial charge is 0.128 e. The van der Waals surface area contributed by atoms with E-state index in [9.17, 15) is 0 Å². The van der Waals surface area contributed by atoms with Crippen LogP contribution in [0.3, 0.4) is 0 Å². The highest BCUT2D eigenvalue weighted by Gasteiger charge is 2.13. The fourth-order valence-electron chi connectivity index (χ4n) is 3.13. The summed E-state index contributed by atoms with van der Waals surface area (Å²) in [7, 11) is 1.81. The third kappa shape index (κ3) is 4.28. The van der Waals surface area contributed by atoms with E-state index in [1.807, 2.05) is 68.2 Å². The lowest BCUT2D eigenvalue weighted by atomic mass is 10.1. The topological polar surface area (TPSA) is 65.5 Å². The van der Waals surface area contributed by atoms with Gasteiger partial charge in [-0.2, -0.15) is 5.10 Å². The molecule has 0 spiro atoms. The molecule has 3 rings (SSSR count). The van der Waals surface area contributed by atoms with Crippen molar-refractivity contribution in [3.63, 3.8) is 0 Å². The van der Waals surface area contributed by atoms with Crippen LogP contribution in [0.15, 0.2) is 48.7 Å². The molecule has 0 bridgehead atoms. The summed E-state index contributed by atoms with van der Waals surface area (Å²) in [5.41, 5.74) is 4.91. The zero-order valence-corrected chi connectivity index (χ0v) is 17.0. The molecule has 0 saturated heterocycles. The zero-order valence-electron chi connectivity index (χ0n) is 17.0. The van der Waals surface area contributed by atoms with Crippen molar-refractivity contribution in [3.05, 3.63) is 59.8 Å². The first-order valence-electron chi connectivity index (χ1n) is 9.53. The van der Waals surface area contributed by atoms with Gasteiger partial charge in [-0.3, -0.25) is 4.68 Å². The number of hydrogen-bond acceptors (Lipinski definition) is 5. The summed E-state index contributed by atoms with van der Waals surface area (Å²) in [6.07, 6.45) is 1.99. The molecular weight excluding hydrogens is 352 g/mol. The third-order valence-electron chi connectivity index (χ3n) is 4.60. The van der Waals surface area contributed by atoms with Crippen LogP contribution in [0.5, 0.6) is 11.5 Å². The van der Waals surface area contributed by atoms with E-state index in [0.717, 1.165) is 46.1 Å². The summed E-state index contributed by atoms with van der Waals surface area (Å²) in [4.78, 5) is 0. The third-order valence-corrected chi connectivity index (χ3v) is 4.60. The van der Waals surface area contributed by atoms with Gasteiger partial charge in [-0.1, -0.05) is 6.07 Å². The van der Waals surface area contributed by atoms with Crippen molar-refractivity contribution in [2.45, 2.75) is 33.9 Å². The second kappa shape index (κ2) is 8.80. The van der Waals surface area contributed by atoms with Gasteiger partial charge in [-0.05, 0) is 62.7 Å². The van der Waals surface area contributed by atoms with Crippen LogP contribution in [-0.2, 0) is 13.2 Å². The van der Waals surface area contributed by atoms with Crippen molar-refractivity contribution in [2.75, 3.05) is 18.7 Å². The highest BCUT2D eigenvalue weighted by molar-refractivity contribution is 5.62. The molecule has 6 heteroatoms. The second-order valence-electron chi connectivity index (χ2n) is 6.62. The molecule has 148 valence electrons. The molecule has 0 fully saturated rings. The summed E-state index contributed by atoms with van der Waals surface area (Å²) in [6, 6.07) is 14.0. The lowest BCUT2D eigenvalue weighted by Gasteiger charge is -2.20. The van der Waals surface area contributed by atoms with E-state index in [0.29, 0.717) is 13.2 Å². The molecular formula is C22H28N4O2. The van der Waals surface area contributed by atoms with Crippen molar-refractivity contribution in [2.24, 2.45) is 5.84 Å². The highest BCUT2D eigenvalue weighted by atomic mass is 16.5. The fraction of sp³-hybridized carbons (Fsp3) is 0.318. The van der Waals surface area contributed by atoms with Crippen LogP contribution in [0.2, 0.25) is 0 Å². The standard InChI is InChI=1S/C22H28N4O2/c1-5-26-13-12-19(24-26)17-10-11-21(16(3)14-17)28-15-18-20(25(4)23)8-7-9-22(18)27-6-2/h7-14H,5-6,15,23H2,1-4H3. The minimum Gasteiger partial charge on any atom is -0.493 e. The molecule has 1 heterocycles. The summed E-state index contributed by atoms with van der Waals surface area (Å²) in [5.74, 6) is 7.61. The maximum atomic E-state index is 6.13. The predicted octanol–water partition coefficient (Wildman–Crippen LogP) is 4.17. The van der Waals surface area contributed by atoms with Gasteiger partial charge in [0, 0.05) is 25.4 Å². The maximum Gasteiger partial charge on any atom is 0.128 e. The van der Waals surface area contributed by atoms with E-state index in [-0.39, 0.29) is 0 Å². The molecule has 0 unspecified atom stereocenters. The molecule has 0 aliphatic carbocycles. The molecule has 0 aliphatic rings. The lowest BCUT2D eigenvalue weighted by Crippen LogP contribution is -2.26. The van der Waals surface area contributed by atoms with E-state index in [1.165, 1.54) is 0 Å². The summed E-state index contributed by atoms with van der Waals surface area (Å²) in [6.45, 7) is 7.90. The number of nitrogens with two attached hydrogens (primary N) is 1. The largest absolute Gasteiger partial charge is 0.493 e. The molecule has 3 aromatic rings. The van der Waals surface area contributed by atoms with Crippen molar-refractivity contribution < 1.29 is 9.47 Å². The normalized spacial score (nSPS) is 10.8. The monoisotopic (exact) mass is 380 g/mol. The first-order valence-corrected chi connectivity index (χ1v) is 9.53. The van der Waals surface area contributed by atoms with Crippen LogP contribution in [-0.4, -0.2) is 23.4 Å². The van der Waals surface area contributed by atoms with E-state index in [2.05, 4.69) is 18.1 Å². The lowest BCUT2D eigenvalue weighted by molar-refractivity contribution is 0.285. The maximum absolute atomic E-state index is 6.13. The van der Waals surface area contributed by atoms with Gasteiger partial charge in [0.1, 0.15) is 18.1 Å². The molecule has 0 amide bonds. The van der Waals surface area contributed by atoms with Crippen LogP contribution in [0.25, 0.3) is 11.3 Å². The molecule has 0 aliphatic heterocycles. The average Bonchev–Trinajstić information content (AvgIpc) is 3.17. The van der Waals surface area contributed by atoms with Gasteiger partial charge < -0.3 is 14.5 Å². The number of hydrazine groups is 1. The molecule has 1 aromatic heterocycles. The van der Waals surface area contributed by atoms with Crippen molar-refractivity contribution in [1.29, 1.82) is 0 Å². The van der Waals surface area contributed by atoms with E-state index < -0.39 is 0 Å². The first kappa shape index (κ1) is 19.8. The Morgan fingerprint density at radius 2 is 1.89 bits per heavy atom. The SMILES string of the molecule is CCOc1cccc(N(C)N)c1COc1ccc(-c2ccn(CC)n2)cc1C. The number of aromatic nitrogens is 2. The number of benzene rings is 2. The van der Waals surface area contributed by atoms with Gasteiger partial charge in [0.15, 0.2) is 0 Å². The van der Waals surface area contributed by atoms with Gasteiger partial charge in [0.25, 0.3) is 0 Å². The van der Waals surface area contributed by atoms with Crippen LogP contribution in [0, 0.1) is 6.92 Å². The summed E-state index contributed by atoms with van der Waals surface area (Å²) >= 11 is 0. The van der Waals surface area contributed by atoms with E-state index >= 15 is 0 Å². The minimum atomic E-state index is 0.373. The molecule has 2 N–H and O–H groups in total. The van der Waals surface area contributed by atoms with Gasteiger partial charge >= 0.3 is 0 Å². The Morgan fingerprint density at radius 1 is 1.07 bits per heavy atom. The predicted molar refractivity (Wildman–Crippen MR) is 113 cm³/mol. The molecule has 0 saturated carbocycles. The van der Waals surface area contributed by atoms with Crippen molar-refractivity contribution >= 4 is 5.69 Å². The number of ether oxygens (including phenoxy) is 2. The molecule has 2 aromatic carbocycles. The summed E-state index contributed by atoms with van der Waals surface area (Å²) < 4.78 is 13.8. The van der Waals surface area contributed by atoms with Gasteiger partial charge in [0.2, 0.25) is 0 Å². The molecule has 0 radical (unpaired) electrons. The molecule has 28 heavy (non-hydrogen) atoms. The van der Waals surface area contributed by atoms with Crippen LogP contribution < -0.4 is 20.3 Å². The number of anilines is 1. The van der Waals surface area contributed by atoms with E-state index in [4.69, 9.17) is 15.3 Å². The second-order valence-corrected chi connectivity index (χ2v) is 6.62. The Bertz CT molecular complexity index is 934. The van der Waals surface area contributed by atoms with Crippen LogP contribution >= 0.6 is 0 Å². The van der Waals surface area contributed by atoms with Gasteiger partial charge in [0.05, 0.1) is 23.6 Å². The fourth-order valence-corrected chi connectivity index (χ4v) is 3.13. The Morgan fingerprint density at radius 3 is 2.54 bits per heavy atom. The van der Waals surface area contributed by atoms with Gasteiger partial charge in [-0.25, -0.2) is 5.84 Å².